The minimum Gasteiger partial charge on any atom is -0.504 e. The van der Waals surface area contributed by atoms with Crippen LogP contribution in [0.1, 0.15) is 30.9 Å². The summed E-state index contributed by atoms with van der Waals surface area (Å²) in [6.07, 6.45) is 0.972. The van der Waals surface area contributed by atoms with Crippen LogP contribution in [0.3, 0.4) is 0 Å². The molecule has 1 saturated carbocycles. The first-order valence-corrected chi connectivity index (χ1v) is 10.9. The molecular formula is C20H27Br2NO4. The van der Waals surface area contributed by atoms with Crippen molar-refractivity contribution < 1.29 is 19.4 Å². The van der Waals surface area contributed by atoms with E-state index in [4.69, 9.17) is 9.47 Å². The monoisotopic (exact) mass is 503 g/mol. The van der Waals surface area contributed by atoms with E-state index in [-0.39, 0.29) is 23.5 Å². The van der Waals surface area contributed by atoms with Crippen LogP contribution in [0.2, 0.25) is 0 Å². The Morgan fingerprint density at radius 1 is 1.37 bits per heavy atom. The normalized spacial score (nSPS) is 34.4. The van der Waals surface area contributed by atoms with Gasteiger partial charge >= 0.3 is 0 Å². The number of hydrogen-bond acceptors (Lipinski definition) is 5. The molecule has 7 heteroatoms. The Kier molecular flexibility index (Phi) is 5.98. The molecule has 5 nitrogen and oxygen atoms in total. The Labute approximate surface area is 177 Å². The fourth-order valence-electron chi connectivity index (χ4n) is 5.06. The maximum Gasteiger partial charge on any atom is 0.176 e. The molecule has 27 heavy (non-hydrogen) atoms. The molecular weight excluding hydrogens is 478 g/mol. The molecule has 0 radical (unpaired) electrons. The zero-order chi connectivity index (χ0) is 20.1. The Morgan fingerprint density at radius 3 is 2.63 bits per heavy atom. The summed E-state index contributed by atoms with van der Waals surface area (Å²) < 4.78 is 11.8. The van der Waals surface area contributed by atoms with Crippen LogP contribution in [0.4, 0.5) is 0 Å². The molecule has 1 aliphatic carbocycles. The summed E-state index contributed by atoms with van der Waals surface area (Å²) in [6.45, 7) is 5.03. The van der Waals surface area contributed by atoms with Gasteiger partial charge in [0, 0.05) is 28.6 Å². The zero-order valence-electron chi connectivity index (χ0n) is 16.4. The van der Waals surface area contributed by atoms with E-state index < -0.39 is 16.3 Å². The third-order valence-electron chi connectivity index (χ3n) is 6.74. The van der Waals surface area contributed by atoms with Gasteiger partial charge in [0.25, 0.3) is 0 Å². The number of phenolic OH excluding ortho intramolecular Hbond substituents is 1. The number of piperidine rings is 1. The molecule has 2 aliphatic rings. The molecule has 0 spiro atoms. The fourth-order valence-corrected chi connectivity index (χ4v) is 6.56. The topological polar surface area (TPSA) is 59.0 Å². The second-order valence-corrected chi connectivity index (χ2v) is 9.52. The number of benzene rings is 1. The molecule has 3 rings (SSSR count). The van der Waals surface area contributed by atoms with Crippen molar-refractivity contribution >= 4 is 37.6 Å². The number of carbonyl (C=O) groups excluding carboxylic acids is 1. The van der Waals surface area contributed by atoms with E-state index in [0.717, 1.165) is 28.6 Å². The van der Waals surface area contributed by atoms with Gasteiger partial charge in [-0.2, -0.15) is 0 Å². The standard InChI is InChI=1S/C20H27Br2NO4/c1-10-13(21)9-15(27-5)17(24)16(10)20-6-7-23(3)11(2)12(20)8-14(26-4)18(25)19(20)22/h9,11-12,14,19,24H,6-8H2,1-5H3/t11?,12?,14?,19?,20-/m1/s1. The molecule has 4 unspecified atom stereocenters. The number of rotatable bonds is 3. The molecule has 1 aromatic rings. The maximum atomic E-state index is 13.1. The summed E-state index contributed by atoms with van der Waals surface area (Å²) in [5.41, 5.74) is 1.23. The smallest absolute Gasteiger partial charge is 0.176 e. The third kappa shape index (κ3) is 3.05. The molecule has 0 aromatic heterocycles. The maximum absolute atomic E-state index is 13.1. The first-order valence-electron chi connectivity index (χ1n) is 9.18. The number of hydrogen-bond donors (Lipinski definition) is 1. The number of ether oxygens (including phenoxy) is 2. The van der Waals surface area contributed by atoms with Gasteiger partial charge in [0.05, 0.1) is 11.9 Å². The lowest BCUT2D eigenvalue weighted by molar-refractivity contribution is -0.139. The van der Waals surface area contributed by atoms with Gasteiger partial charge in [-0.05, 0) is 57.8 Å². The highest BCUT2D eigenvalue weighted by atomic mass is 79.9. The van der Waals surface area contributed by atoms with E-state index in [0.29, 0.717) is 12.2 Å². The zero-order valence-corrected chi connectivity index (χ0v) is 19.6. The number of fused-ring (bicyclic) bond motifs is 1. The SMILES string of the molecule is COc1cc(Br)c(C)c([C@@]23CCN(C)C(C)C2CC(OC)C(=O)C3Br)c1O. The summed E-state index contributed by atoms with van der Waals surface area (Å²) >= 11 is 7.35. The van der Waals surface area contributed by atoms with Crippen LogP contribution in [0.15, 0.2) is 10.5 Å². The van der Waals surface area contributed by atoms with Crippen LogP contribution in [0.5, 0.6) is 11.5 Å². The highest BCUT2D eigenvalue weighted by Gasteiger charge is 2.60. The number of likely N-dealkylation sites (tertiary alicyclic amines) is 1. The number of methoxy groups -OCH3 is 2. The predicted octanol–water partition coefficient (Wildman–Crippen LogP) is 3.80. The molecule has 0 amide bonds. The Balaban J connectivity index is 2.30. The third-order valence-corrected chi connectivity index (χ3v) is 8.83. The fraction of sp³-hybridized carbons (Fsp3) is 0.650. The van der Waals surface area contributed by atoms with Gasteiger partial charge in [0.1, 0.15) is 6.10 Å². The van der Waals surface area contributed by atoms with Crippen molar-refractivity contribution in [1.82, 2.24) is 4.90 Å². The van der Waals surface area contributed by atoms with Gasteiger partial charge in [-0.15, -0.1) is 0 Å². The number of halogens is 2. The average Bonchev–Trinajstić information content (AvgIpc) is 2.65. The predicted molar refractivity (Wildman–Crippen MR) is 112 cm³/mol. The van der Waals surface area contributed by atoms with Crippen molar-refractivity contribution in [3.63, 3.8) is 0 Å². The molecule has 1 aliphatic heterocycles. The minimum atomic E-state index is -0.525. The number of nitrogens with zero attached hydrogens (tertiary/aromatic N) is 1. The minimum absolute atomic E-state index is 0.0447. The number of aromatic hydroxyl groups is 1. The van der Waals surface area contributed by atoms with Gasteiger partial charge in [-0.3, -0.25) is 4.79 Å². The number of alkyl halides is 1. The van der Waals surface area contributed by atoms with E-state index in [1.165, 1.54) is 0 Å². The van der Waals surface area contributed by atoms with Crippen molar-refractivity contribution in [2.45, 2.75) is 49.1 Å². The number of Topliss-reactive ketones (excluding diaryl/α,β-unsaturated/α-hetero) is 1. The summed E-state index contributed by atoms with van der Waals surface area (Å²) in [7, 11) is 5.26. The largest absolute Gasteiger partial charge is 0.504 e. The Hall–Kier alpha value is -0.630. The molecule has 1 heterocycles. The lowest BCUT2D eigenvalue weighted by Crippen LogP contribution is -2.64. The highest BCUT2D eigenvalue weighted by Crippen LogP contribution is 2.57. The van der Waals surface area contributed by atoms with Crippen molar-refractivity contribution in [1.29, 1.82) is 0 Å². The van der Waals surface area contributed by atoms with E-state index in [2.05, 4.69) is 50.7 Å². The van der Waals surface area contributed by atoms with Gasteiger partial charge < -0.3 is 19.5 Å². The van der Waals surface area contributed by atoms with Gasteiger partial charge in [-0.25, -0.2) is 0 Å². The molecule has 150 valence electrons. The number of ketones is 1. The Bertz CT molecular complexity index is 756. The molecule has 2 fully saturated rings. The van der Waals surface area contributed by atoms with Crippen molar-refractivity contribution in [2.75, 3.05) is 27.8 Å². The van der Waals surface area contributed by atoms with Crippen LogP contribution in [0, 0.1) is 12.8 Å². The summed E-state index contributed by atoms with van der Waals surface area (Å²) in [6, 6.07) is 2.03. The second-order valence-electron chi connectivity index (χ2n) is 7.75. The first-order chi connectivity index (χ1) is 12.7. The Morgan fingerprint density at radius 2 is 2.04 bits per heavy atom. The van der Waals surface area contributed by atoms with Crippen LogP contribution in [-0.4, -0.2) is 60.6 Å². The van der Waals surface area contributed by atoms with Gasteiger partial charge in [0.15, 0.2) is 17.3 Å². The molecule has 0 bridgehead atoms. The first kappa shape index (κ1) is 21.1. The molecule has 5 atom stereocenters. The summed E-state index contributed by atoms with van der Waals surface area (Å²) in [4.78, 5) is 15.0. The second kappa shape index (κ2) is 7.65. The van der Waals surface area contributed by atoms with E-state index in [1.54, 1.807) is 20.3 Å². The van der Waals surface area contributed by atoms with E-state index >= 15 is 0 Å². The van der Waals surface area contributed by atoms with Crippen LogP contribution in [-0.2, 0) is 14.9 Å². The van der Waals surface area contributed by atoms with Gasteiger partial charge in [0.2, 0.25) is 0 Å². The summed E-state index contributed by atoms with van der Waals surface area (Å²) in [5, 5.41) is 11.1. The number of carbonyl (C=O) groups is 1. The molecule has 1 aromatic carbocycles. The quantitative estimate of drug-likeness (QED) is 0.634. The lowest BCUT2D eigenvalue weighted by Gasteiger charge is -2.57. The molecule has 1 N–H and O–H groups in total. The average molecular weight is 505 g/mol. The van der Waals surface area contributed by atoms with Crippen LogP contribution in [0.25, 0.3) is 0 Å². The van der Waals surface area contributed by atoms with Crippen molar-refractivity contribution in [3.05, 3.63) is 21.7 Å². The van der Waals surface area contributed by atoms with Crippen molar-refractivity contribution in [3.8, 4) is 11.5 Å². The number of phenols is 1. The molecule has 1 saturated heterocycles. The van der Waals surface area contributed by atoms with Gasteiger partial charge in [-0.1, -0.05) is 31.9 Å². The van der Waals surface area contributed by atoms with Crippen LogP contribution < -0.4 is 4.74 Å². The van der Waals surface area contributed by atoms with Crippen LogP contribution >= 0.6 is 31.9 Å². The van der Waals surface area contributed by atoms with E-state index in [1.807, 2.05) is 6.92 Å². The summed E-state index contributed by atoms with van der Waals surface area (Å²) in [5.74, 6) is 0.742. The lowest BCUT2D eigenvalue weighted by atomic mass is 9.55. The van der Waals surface area contributed by atoms with Crippen molar-refractivity contribution in [2.24, 2.45) is 5.92 Å². The van der Waals surface area contributed by atoms with E-state index in [9.17, 15) is 9.90 Å². The highest BCUT2D eigenvalue weighted by molar-refractivity contribution is 9.10.